The lowest BCUT2D eigenvalue weighted by Crippen LogP contribution is -3.13. The molecule has 4 nitrogen and oxygen atoms in total. The van der Waals surface area contributed by atoms with E-state index in [4.69, 9.17) is 16.3 Å². The molecule has 28 heavy (non-hydrogen) atoms. The molecule has 0 bridgehead atoms. The molecule has 1 aliphatic carbocycles. The molecule has 4 atom stereocenters. The van der Waals surface area contributed by atoms with Gasteiger partial charge in [-0.2, -0.15) is 0 Å². The number of phenolic OH excluding ortho intramolecular Hbond substituents is 1. The van der Waals surface area contributed by atoms with Gasteiger partial charge in [-0.1, -0.05) is 42.6 Å². The third-order valence-electron chi connectivity index (χ3n) is 6.72. The number of hydrogen-bond acceptors (Lipinski definition) is 3. The first-order valence-corrected chi connectivity index (χ1v) is 10.6. The van der Waals surface area contributed by atoms with Gasteiger partial charge in [0.1, 0.15) is 12.6 Å². The number of benzene rings is 2. The van der Waals surface area contributed by atoms with Crippen molar-refractivity contribution >= 4 is 11.6 Å². The first-order valence-electron chi connectivity index (χ1n) is 10.2. The molecule has 1 saturated heterocycles. The smallest absolute Gasteiger partial charge is 0.160 e. The number of halogens is 1. The van der Waals surface area contributed by atoms with E-state index in [0.717, 1.165) is 61.3 Å². The second-order valence-electron chi connectivity index (χ2n) is 8.29. The van der Waals surface area contributed by atoms with E-state index in [0.29, 0.717) is 5.75 Å². The number of piperidine rings is 1. The maximum atomic E-state index is 11.4. The van der Waals surface area contributed by atoms with Crippen molar-refractivity contribution < 1.29 is 19.8 Å². The molecule has 0 spiro atoms. The summed E-state index contributed by atoms with van der Waals surface area (Å²) in [7, 11) is 1.57. The Kier molecular flexibility index (Phi) is 5.55. The molecule has 5 heteroatoms. The average Bonchev–Trinajstić information content (AvgIpc) is 2.70. The van der Waals surface area contributed by atoms with Crippen LogP contribution in [0.5, 0.6) is 11.5 Å². The zero-order chi connectivity index (χ0) is 19.7. The minimum atomic E-state index is -0.599. The number of rotatable bonds is 4. The van der Waals surface area contributed by atoms with E-state index in [-0.39, 0.29) is 17.7 Å². The van der Waals surface area contributed by atoms with Gasteiger partial charge < -0.3 is 19.8 Å². The van der Waals surface area contributed by atoms with E-state index in [1.54, 1.807) is 13.2 Å². The van der Waals surface area contributed by atoms with Crippen LogP contribution in [0.15, 0.2) is 42.5 Å². The molecule has 1 saturated carbocycles. The van der Waals surface area contributed by atoms with E-state index in [1.165, 1.54) is 4.90 Å². The van der Waals surface area contributed by atoms with Crippen LogP contribution in [0.2, 0.25) is 5.02 Å². The third-order valence-corrected chi connectivity index (χ3v) is 7.09. The molecule has 3 N–H and O–H groups in total. The quantitative estimate of drug-likeness (QED) is 0.733. The standard InChI is InChI=1S/C23H28ClNO3/c1-28-21-14-16(9-10-20(21)26)22-18-7-4-5-11-23(18,27)12-13-25(22)15-17-6-2-3-8-19(17)24/h2-3,6,8-10,14,18,22,26-27H,4-5,7,11-13,15H2,1H3/p+1/t18-,22+,23-/m1/s1. The van der Waals surface area contributed by atoms with E-state index >= 15 is 0 Å². The molecule has 150 valence electrons. The second-order valence-corrected chi connectivity index (χ2v) is 8.70. The Bertz CT molecular complexity index is 842. The molecule has 1 heterocycles. The van der Waals surface area contributed by atoms with E-state index < -0.39 is 5.60 Å². The fourth-order valence-corrected chi connectivity index (χ4v) is 5.50. The summed E-state index contributed by atoms with van der Waals surface area (Å²) in [5, 5.41) is 22.3. The van der Waals surface area contributed by atoms with Gasteiger partial charge in [0.2, 0.25) is 0 Å². The van der Waals surface area contributed by atoms with Gasteiger partial charge in [-0.15, -0.1) is 0 Å². The van der Waals surface area contributed by atoms with E-state index in [2.05, 4.69) is 6.07 Å². The van der Waals surface area contributed by atoms with Crippen LogP contribution in [0.4, 0.5) is 0 Å². The summed E-state index contributed by atoms with van der Waals surface area (Å²) in [6.07, 6.45) is 4.97. The Morgan fingerprint density at radius 3 is 2.79 bits per heavy atom. The van der Waals surface area contributed by atoms with Gasteiger partial charge in [0, 0.05) is 28.5 Å². The fourth-order valence-electron chi connectivity index (χ4n) is 5.29. The highest BCUT2D eigenvalue weighted by molar-refractivity contribution is 6.31. The van der Waals surface area contributed by atoms with Gasteiger partial charge >= 0.3 is 0 Å². The molecule has 2 aromatic carbocycles. The lowest BCUT2D eigenvalue weighted by atomic mass is 9.66. The topological polar surface area (TPSA) is 54.1 Å². The number of quaternary nitrogens is 1. The van der Waals surface area contributed by atoms with Crippen molar-refractivity contribution in [1.29, 1.82) is 0 Å². The van der Waals surface area contributed by atoms with Crippen LogP contribution in [-0.4, -0.2) is 29.5 Å². The van der Waals surface area contributed by atoms with Crippen LogP contribution < -0.4 is 9.64 Å². The number of methoxy groups -OCH3 is 1. The highest BCUT2D eigenvalue weighted by Gasteiger charge is 2.51. The summed E-state index contributed by atoms with van der Waals surface area (Å²) in [5.41, 5.74) is 1.65. The van der Waals surface area contributed by atoms with Crippen LogP contribution in [0.3, 0.4) is 0 Å². The van der Waals surface area contributed by atoms with Gasteiger partial charge in [0.25, 0.3) is 0 Å². The summed E-state index contributed by atoms with van der Waals surface area (Å²) < 4.78 is 5.37. The normalized spacial score (nSPS) is 29.9. The lowest BCUT2D eigenvalue weighted by molar-refractivity contribution is -0.958. The van der Waals surface area contributed by atoms with Crippen molar-refractivity contribution in [1.82, 2.24) is 0 Å². The Hall–Kier alpha value is -1.75. The first-order chi connectivity index (χ1) is 13.5. The van der Waals surface area contributed by atoms with Crippen molar-refractivity contribution in [3.05, 3.63) is 58.6 Å². The second kappa shape index (κ2) is 7.94. The Labute approximate surface area is 171 Å². The number of phenols is 1. The Morgan fingerprint density at radius 2 is 2.00 bits per heavy atom. The van der Waals surface area contributed by atoms with Crippen LogP contribution in [0, 0.1) is 5.92 Å². The molecule has 4 rings (SSSR count). The number of hydrogen-bond donors (Lipinski definition) is 3. The molecule has 0 radical (unpaired) electrons. The molecule has 0 aromatic heterocycles. The Balaban J connectivity index is 1.73. The third kappa shape index (κ3) is 3.61. The van der Waals surface area contributed by atoms with Gasteiger partial charge in [0.15, 0.2) is 11.5 Å². The van der Waals surface area contributed by atoms with Gasteiger partial charge in [-0.05, 0) is 37.1 Å². The highest BCUT2D eigenvalue weighted by Crippen LogP contribution is 2.45. The first kappa shape index (κ1) is 19.6. The van der Waals surface area contributed by atoms with Crippen LogP contribution in [0.1, 0.15) is 49.3 Å². The minimum absolute atomic E-state index is 0.143. The molecule has 1 unspecified atom stereocenters. The molecule has 2 aliphatic rings. The van der Waals surface area contributed by atoms with Gasteiger partial charge in [-0.25, -0.2) is 0 Å². The largest absolute Gasteiger partial charge is 0.504 e. The van der Waals surface area contributed by atoms with Crippen molar-refractivity contribution in [2.75, 3.05) is 13.7 Å². The summed E-state index contributed by atoms with van der Waals surface area (Å²) in [4.78, 5) is 1.41. The Morgan fingerprint density at radius 1 is 1.18 bits per heavy atom. The zero-order valence-electron chi connectivity index (χ0n) is 16.3. The molecule has 2 aromatic rings. The van der Waals surface area contributed by atoms with E-state index in [1.807, 2.05) is 30.3 Å². The fraction of sp³-hybridized carbons (Fsp3) is 0.478. The molecule has 1 aliphatic heterocycles. The number of ether oxygens (including phenoxy) is 1. The van der Waals surface area contributed by atoms with Crippen molar-refractivity contribution in [2.45, 2.75) is 50.3 Å². The van der Waals surface area contributed by atoms with Gasteiger partial charge in [-0.3, -0.25) is 0 Å². The number of aliphatic hydroxyl groups is 1. The number of fused-ring (bicyclic) bond motifs is 1. The number of nitrogens with one attached hydrogen (secondary N) is 1. The summed E-state index contributed by atoms with van der Waals surface area (Å²) >= 11 is 6.45. The van der Waals surface area contributed by atoms with Crippen molar-refractivity contribution in [3.63, 3.8) is 0 Å². The van der Waals surface area contributed by atoms with Crippen LogP contribution in [-0.2, 0) is 6.54 Å². The summed E-state index contributed by atoms with van der Waals surface area (Å²) in [6, 6.07) is 13.8. The summed E-state index contributed by atoms with van der Waals surface area (Å²) in [6.45, 7) is 1.71. The number of likely N-dealkylation sites (tertiary alicyclic amines) is 1. The van der Waals surface area contributed by atoms with E-state index in [9.17, 15) is 10.2 Å². The zero-order valence-corrected chi connectivity index (χ0v) is 17.1. The minimum Gasteiger partial charge on any atom is -0.504 e. The maximum Gasteiger partial charge on any atom is 0.160 e. The van der Waals surface area contributed by atoms with Crippen molar-refractivity contribution in [3.8, 4) is 11.5 Å². The predicted molar refractivity (Wildman–Crippen MR) is 110 cm³/mol. The highest BCUT2D eigenvalue weighted by atomic mass is 35.5. The van der Waals surface area contributed by atoms with Crippen molar-refractivity contribution in [2.24, 2.45) is 5.92 Å². The monoisotopic (exact) mass is 402 g/mol. The molecule has 2 fully saturated rings. The number of aromatic hydroxyl groups is 1. The maximum absolute atomic E-state index is 11.4. The van der Waals surface area contributed by atoms with Gasteiger partial charge in [0.05, 0.1) is 19.3 Å². The average molecular weight is 403 g/mol. The van der Waals surface area contributed by atoms with Crippen LogP contribution in [0.25, 0.3) is 0 Å². The summed E-state index contributed by atoms with van der Waals surface area (Å²) in [5.74, 6) is 0.829. The van der Waals surface area contributed by atoms with Crippen LogP contribution >= 0.6 is 11.6 Å². The molecular formula is C23H29ClNO3+. The SMILES string of the molecule is COc1cc([C@H]2[C@H]3CCCC[C@@]3(O)CC[NH+]2Cc2ccccc2Cl)ccc1O. The molecule has 0 amide bonds. The molecular weight excluding hydrogens is 374 g/mol. The lowest BCUT2D eigenvalue weighted by Gasteiger charge is -2.50. The predicted octanol–water partition coefficient (Wildman–Crippen LogP) is 3.51.